The van der Waals surface area contributed by atoms with Crippen LogP contribution in [0.15, 0.2) is 73.1 Å². The summed E-state index contributed by atoms with van der Waals surface area (Å²) in [6, 6.07) is 13.2. The zero-order valence-corrected chi connectivity index (χ0v) is 24.6. The number of amides is 2. The van der Waals surface area contributed by atoms with E-state index >= 15 is 0 Å². The van der Waals surface area contributed by atoms with E-state index < -0.39 is 17.4 Å². The zero-order chi connectivity index (χ0) is 29.7. The number of aromatic nitrogens is 2. The van der Waals surface area contributed by atoms with E-state index in [1.807, 2.05) is 49.4 Å². The van der Waals surface area contributed by atoms with Gasteiger partial charge in [0, 0.05) is 42.6 Å². The average molecular weight is 575 g/mol. The van der Waals surface area contributed by atoms with Gasteiger partial charge in [0.1, 0.15) is 35.3 Å². The summed E-state index contributed by atoms with van der Waals surface area (Å²) in [5, 5.41) is 13.2. The van der Waals surface area contributed by atoms with Crippen molar-refractivity contribution >= 4 is 17.5 Å². The Hall–Kier alpha value is -4.31. The predicted octanol–water partition coefficient (Wildman–Crippen LogP) is 6.20. The van der Waals surface area contributed by atoms with Gasteiger partial charge in [-0.05, 0) is 69.3 Å². The lowest BCUT2D eigenvalue weighted by molar-refractivity contribution is 0.189. The van der Waals surface area contributed by atoms with Crippen LogP contribution in [0.4, 0.5) is 20.7 Å². The van der Waals surface area contributed by atoms with Crippen LogP contribution in [0.25, 0.3) is 5.69 Å². The number of benzene rings is 2. The number of carbonyl (C=O) groups is 1. The van der Waals surface area contributed by atoms with Crippen LogP contribution in [0.5, 0.6) is 11.5 Å². The fraction of sp³-hybridized carbons (Fsp3) is 0.375. The second-order valence-electron chi connectivity index (χ2n) is 11.8. The molecule has 10 heteroatoms. The third kappa shape index (κ3) is 7.30. The van der Waals surface area contributed by atoms with Crippen molar-refractivity contribution in [2.75, 3.05) is 36.9 Å². The molecule has 0 atom stereocenters. The summed E-state index contributed by atoms with van der Waals surface area (Å²) >= 11 is 0. The lowest BCUT2D eigenvalue weighted by Crippen LogP contribution is -2.30. The molecule has 0 radical (unpaired) electrons. The molecule has 1 fully saturated rings. The summed E-state index contributed by atoms with van der Waals surface area (Å²) in [6.07, 6.45) is 9.66. The van der Waals surface area contributed by atoms with E-state index in [1.54, 1.807) is 23.1 Å². The number of dihydropyridines is 1. The van der Waals surface area contributed by atoms with Crippen molar-refractivity contribution in [3.63, 3.8) is 0 Å². The summed E-state index contributed by atoms with van der Waals surface area (Å²) in [6.45, 7) is 11.8. The van der Waals surface area contributed by atoms with Crippen LogP contribution in [0, 0.1) is 5.82 Å². The molecule has 2 amide bonds. The highest BCUT2D eigenvalue weighted by atomic mass is 19.1. The molecular weight excluding hydrogens is 535 g/mol. The van der Waals surface area contributed by atoms with E-state index in [0.717, 1.165) is 36.8 Å². The van der Waals surface area contributed by atoms with Gasteiger partial charge < -0.3 is 20.1 Å². The van der Waals surface area contributed by atoms with Gasteiger partial charge in [0.25, 0.3) is 0 Å². The summed E-state index contributed by atoms with van der Waals surface area (Å²) in [5.74, 6) is 0.899. The monoisotopic (exact) mass is 574 g/mol. The first-order chi connectivity index (χ1) is 20.1. The highest BCUT2D eigenvalue weighted by molar-refractivity contribution is 5.99. The molecule has 2 aromatic carbocycles. The molecule has 0 bridgehead atoms. The molecule has 3 N–H and O–H groups in total. The molecule has 0 saturated carbocycles. The minimum atomic E-state index is -0.705. The lowest BCUT2D eigenvalue weighted by Gasteiger charge is -2.26. The third-order valence-corrected chi connectivity index (χ3v) is 7.20. The Morgan fingerprint density at radius 2 is 1.81 bits per heavy atom. The number of urea groups is 1. The van der Waals surface area contributed by atoms with Crippen LogP contribution in [0.1, 0.15) is 46.2 Å². The minimum Gasteiger partial charge on any atom is -0.492 e. The van der Waals surface area contributed by atoms with E-state index in [4.69, 9.17) is 14.6 Å². The van der Waals surface area contributed by atoms with E-state index in [2.05, 4.69) is 41.6 Å². The van der Waals surface area contributed by atoms with Gasteiger partial charge in [0.05, 0.1) is 17.1 Å². The number of halogens is 1. The first-order valence-corrected chi connectivity index (χ1v) is 14.3. The predicted molar refractivity (Wildman–Crippen MR) is 163 cm³/mol. The molecule has 5 rings (SSSR count). The molecule has 42 heavy (non-hydrogen) atoms. The second-order valence-corrected chi connectivity index (χ2v) is 11.8. The second kappa shape index (κ2) is 12.3. The molecule has 1 aromatic heterocycles. The number of hydrogen-bond acceptors (Lipinski definition) is 6. The zero-order valence-electron chi connectivity index (χ0n) is 24.6. The first-order valence-electron chi connectivity index (χ1n) is 14.3. The van der Waals surface area contributed by atoms with Gasteiger partial charge in [-0.1, -0.05) is 26.8 Å². The molecule has 9 nitrogen and oxygen atoms in total. The number of anilines is 2. The molecule has 2 aliphatic heterocycles. The summed E-state index contributed by atoms with van der Waals surface area (Å²) in [4.78, 5) is 15.5. The molecule has 3 heterocycles. The molecule has 0 unspecified atom stereocenters. The van der Waals surface area contributed by atoms with E-state index in [-0.39, 0.29) is 11.1 Å². The van der Waals surface area contributed by atoms with Crippen molar-refractivity contribution in [1.82, 2.24) is 20.0 Å². The number of likely N-dealkylation sites (tertiary alicyclic amines) is 1. The molecule has 1 saturated heterocycles. The number of nitrogens with zero attached hydrogens (tertiary/aromatic N) is 3. The Morgan fingerprint density at radius 3 is 2.52 bits per heavy atom. The van der Waals surface area contributed by atoms with E-state index in [1.165, 1.54) is 25.0 Å². The van der Waals surface area contributed by atoms with Crippen molar-refractivity contribution in [1.29, 1.82) is 0 Å². The molecule has 0 spiro atoms. The fourth-order valence-corrected chi connectivity index (χ4v) is 4.83. The number of nitrogens with one attached hydrogen (secondary N) is 3. The lowest BCUT2D eigenvalue weighted by atomic mass is 9.92. The maximum absolute atomic E-state index is 15.0. The topological polar surface area (TPSA) is 92.7 Å². The first kappa shape index (κ1) is 29.2. The van der Waals surface area contributed by atoms with Crippen LogP contribution in [-0.4, -0.2) is 52.6 Å². The van der Waals surface area contributed by atoms with E-state index in [0.29, 0.717) is 18.2 Å². The molecule has 0 aliphatic carbocycles. The Balaban J connectivity index is 1.29. The smallest absolute Gasteiger partial charge is 0.324 e. The fourth-order valence-electron chi connectivity index (χ4n) is 4.83. The van der Waals surface area contributed by atoms with Gasteiger partial charge in [0.2, 0.25) is 0 Å². The van der Waals surface area contributed by atoms with Gasteiger partial charge >= 0.3 is 6.03 Å². The van der Waals surface area contributed by atoms with Gasteiger partial charge in [-0.3, -0.25) is 10.2 Å². The summed E-state index contributed by atoms with van der Waals surface area (Å²) < 4.78 is 28.6. The van der Waals surface area contributed by atoms with Crippen molar-refractivity contribution < 1.29 is 18.7 Å². The average Bonchev–Trinajstić information content (AvgIpc) is 3.61. The standard InChI is InChI=1S/C32H39FN6O3/c1-31(2,3)28-22-29(39(37-28)23-8-7-9-24(20-23)41-19-18-38-16-5-6-17-38)36-30(40)35-27-11-10-25(21-26(27)33)42-32(4)12-14-34-15-13-32/h7-15,20-22,34H,5-6,16-19H2,1-4H3,(H2,35,36,40). The van der Waals surface area contributed by atoms with Crippen LogP contribution in [0.2, 0.25) is 0 Å². The van der Waals surface area contributed by atoms with Gasteiger partial charge in [-0.25, -0.2) is 13.9 Å². The van der Waals surface area contributed by atoms with Crippen LogP contribution >= 0.6 is 0 Å². The Morgan fingerprint density at radius 1 is 1.05 bits per heavy atom. The van der Waals surface area contributed by atoms with Crippen molar-refractivity contribution in [3.05, 3.63) is 84.6 Å². The molecule has 3 aromatic rings. The largest absolute Gasteiger partial charge is 0.492 e. The number of carbonyl (C=O) groups excluding carboxylic acids is 1. The number of ether oxygens (including phenoxy) is 2. The highest BCUT2D eigenvalue weighted by Crippen LogP contribution is 2.29. The number of hydrogen-bond donors (Lipinski definition) is 3. The van der Waals surface area contributed by atoms with Gasteiger partial charge in [-0.2, -0.15) is 5.10 Å². The van der Waals surface area contributed by atoms with Crippen LogP contribution in [-0.2, 0) is 5.41 Å². The SMILES string of the molecule is CC1(Oc2ccc(NC(=O)Nc3cc(C(C)(C)C)nn3-c3cccc(OCCN4CCCC4)c3)c(F)c2)C=CNC=C1. The normalized spacial score (nSPS) is 16.2. The Bertz CT molecular complexity index is 1460. The van der Waals surface area contributed by atoms with Crippen LogP contribution in [0.3, 0.4) is 0 Å². The van der Waals surface area contributed by atoms with Crippen molar-refractivity contribution in [2.45, 2.75) is 51.6 Å². The van der Waals surface area contributed by atoms with E-state index in [9.17, 15) is 9.18 Å². The Kier molecular flexibility index (Phi) is 8.54. The summed E-state index contributed by atoms with van der Waals surface area (Å²) in [5.41, 5.74) is 0.585. The quantitative estimate of drug-likeness (QED) is 0.282. The van der Waals surface area contributed by atoms with Crippen molar-refractivity contribution in [2.24, 2.45) is 0 Å². The van der Waals surface area contributed by atoms with Crippen molar-refractivity contribution in [3.8, 4) is 17.2 Å². The van der Waals surface area contributed by atoms with Crippen LogP contribution < -0.4 is 25.4 Å². The summed E-state index contributed by atoms with van der Waals surface area (Å²) in [7, 11) is 0. The Labute approximate surface area is 246 Å². The maximum atomic E-state index is 15.0. The molecule has 2 aliphatic rings. The maximum Gasteiger partial charge on any atom is 0.324 e. The van der Waals surface area contributed by atoms with Gasteiger partial charge in [-0.15, -0.1) is 0 Å². The highest BCUT2D eigenvalue weighted by Gasteiger charge is 2.24. The minimum absolute atomic E-state index is 0.0249. The third-order valence-electron chi connectivity index (χ3n) is 7.20. The molecular formula is C32H39FN6O3. The molecule has 222 valence electrons. The number of rotatable bonds is 9. The van der Waals surface area contributed by atoms with Gasteiger partial charge in [0.15, 0.2) is 0 Å².